The number of carbonyl (C=O) groups is 2. The van der Waals surface area contributed by atoms with Crippen molar-refractivity contribution in [2.45, 2.75) is 6.92 Å². The highest BCUT2D eigenvalue weighted by atomic mass is 35.5. The molecule has 0 fully saturated rings. The van der Waals surface area contributed by atoms with Crippen molar-refractivity contribution < 1.29 is 14.0 Å². The van der Waals surface area contributed by atoms with Crippen LogP contribution in [0.4, 0.5) is 10.1 Å². The molecule has 2 amide bonds. The van der Waals surface area contributed by atoms with Gasteiger partial charge in [0.1, 0.15) is 5.82 Å². The number of carbonyl (C=O) groups excluding carboxylic acids is 2. The summed E-state index contributed by atoms with van der Waals surface area (Å²) in [5.41, 5.74) is 5.37. The lowest BCUT2D eigenvalue weighted by Crippen LogP contribution is -2.17. The zero-order valence-corrected chi connectivity index (χ0v) is 11.6. The molecule has 0 unspecified atom stereocenters. The SMILES string of the molecule is Cc1c(F)cc(C(N)=O)cc1NC(=O)c1ccc(Cl)nn1. The van der Waals surface area contributed by atoms with Crippen LogP contribution in [0.25, 0.3) is 0 Å². The van der Waals surface area contributed by atoms with Gasteiger partial charge in [-0.05, 0) is 31.2 Å². The van der Waals surface area contributed by atoms with E-state index in [-0.39, 0.29) is 27.7 Å². The molecule has 0 bridgehead atoms. The molecule has 1 aromatic heterocycles. The summed E-state index contributed by atoms with van der Waals surface area (Å²) in [7, 11) is 0. The van der Waals surface area contributed by atoms with Gasteiger partial charge in [0, 0.05) is 16.8 Å². The molecule has 6 nitrogen and oxygen atoms in total. The molecule has 0 radical (unpaired) electrons. The summed E-state index contributed by atoms with van der Waals surface area (Å²) in [6, 6.07) is 5.07. The molecule has 0 aliphatic carbocycles. The maximum atomic E-state index is 13.7. The van der Waals surface area contributed by atoms with Crippen molar-refractivity contribution in [1.82, 2.24) is 10.2 Å². The molecule has 0 aliphatic heterocycles. The van der Waals surface area contributed by atoms with Gasteiger partial charge in [-0.15, -0.1) is 10.2 Å². The van der Waals surface area contributed by atoms with Gasteiger partial charge in [-0.3, -0.25) is 9.59 Å². The summed E-state index contributed by atoms with van der Waals surface area (Å²) in [5, 5.41) is 9.73. The van der Waals surface area contributed by atoms with Crippen LogP contribution in [0.1, 0.15) is 26.4 Å². The number of nitrogens with two attached hydrogens (primary N) is 1. The first-order chi connectivity index (χ1) is 9.88. The molecule has 0 atom stereocenters. The molecule has 0 saturated heterocycles. The van der Waals surface area contributed by atoms with Gasteiger partial charge in [0.15, 0.2) is 10.8 Å². The largest absolute Gasteiger partial charge is 0.366 e. The maximum absolute atomic E-state index is 13.7. The molecule has 2 aromatic rings. The predicted molar refractivity (Wildman–Crippen MR) is 74.7 cm³/mol. The van der Waals surface area contributed by atoms with Crippen molar-refractivity contribution >= 4 is 29.1 Å². The third kappa shape index (κ3) is 3.32. The number of hydrogen-bond acceptors (Lipinski definition) is 4. The number of hydrogen-bond donors (Lipinski definition) is 2. The summed E-state index contributed by atoms with van der Waals surface area (Å²) >= 11 is 5.57. The molecule has 0 saturated carbocycles. The second kappa shape index (κ2) is 5.84. The quantitative estimate of drug-likeness (QED) is 0.905. The number of rotatable bonds is 3. The molecular weight excluding hydrogens is 299 g/mol. The van der Waals surface area contributed by atoms with Crippen molar-refractivity contribution in [2.24, 2.45) is 5.73 Å². The average molecular weight is 309 g/mol. The molecule has 108 valence electrons. The lowest BCUT2D eigenvalue weighted by Gasteiger charge is -2.10. The first-order valence-electron chi connectivity index (χ1n) is 5.79. The molecule has 1 aromatic carbocycles. The second-order valence-corrected chi connectivity index (χ2v) is 4.58. The van der Waals surface area contributed by atoms with E-state index in [2.05, 4.69) is 15.5 Å². The van der Waals surface area contributed by atoms with Crippen molar-refractivity contribution in [2.75, 3.05) is 5.32 Å². The molecule has 0 spiro atoms. The number of halogens is 2. The van der Waals surface area contributed by atoms with E-state index in [4.69, 9.17) is 17.3 Å². The fourth-order valence-electron chi connectivity index (χ4n) is 1.57. The Hall–Kier alpha value is -2.54. The molecule has 2 rings (SSSR count). The van der Waals surface area contributed by atoms with Crippen LogP contribution in [0.5, 0.6) is 0 Å². The number of anilines is 1. The van der Waals surface area contributed by atoms with Crippen LogP contribution in [0, 0.1) is 12.7 Å². The fourth-order valence-corrected chi connectivity index (χ4v) is 1.68. The minimum Gasteiger partial charge on any atom is -0.366 e. The van der Waals surface area contributed by atoms with Crippen LogP contribution in [0.3, 0.4) is 0 Å². The summed E-state index contributed by atoms with van der Waals surface area (Å²) < 4.78 is 13.7. The normalized spacial score (nSPS) is 10.2. The van der Waals surface area contributed by atoms with E-state index < -0.39 is 17.6 Å². The highest BCUT2D eigenvalue weighted by Gasteiger charge is 2.14. The molecular formula is C13H10ClFN4O2. The number of nitrogens with zero attached hydrogens (tertiary/aromatic N) is 2. The van der Waals surface area contributed by atoms with Crippen molar-refractivity contribution in [3.05, 3.63) is 52.1 Å². The smallest absolute Gasteiger partial charge is 0.276 e. The Morgan fingerprint density at radius 3 is 2.57 bits per heavy atom. The molecule has 3 N–H and O–H groups in total. The van der Waals surface area contributed by atoms with E-state index in [1.54, 1.807) is 0 Å². The van der Waals surface area contributed by atoms with Crippen LogP contribution in [-0.4, -0.2) is 22.0 Å². The number of benzene rings is 1. The van der Waals surface area contributed by atoms with Gasteiger partial charge in [-0.25, -0.2) is 4.39 Å². The van der Waals surface area contributed by atoms with Crippen LogP contribution in [-0.2, 0) is 0 Å². The summed E-state index contributed by atoms with van der Waals surface area (Å²) in [6.45, 7) is 1.46. The Balaban J connectivity index is 2.32. The van der Waals surface area contributed by atoms with Crippen molar-refractivity contribution in [1.29, 1.82) is 0 Å². The Morgan fingerprint density at radius 2 is 2.00 bits per heavy atom. The van der Waals surface area contributed by atoms with E-state index in [0.717, 1.165) is 6.07 Å². The minimum atomic E-state index is -0.796. The number of aromatic nitrogens is 2. The van der Waals surface area contributed by atoms with Gasteiger partial charge in [0.2, 0.25) is 5.91 Å². The van der Waals surface area contributed by atoms with Gasteiger partial charge < -0.3 is 11.1 Å². The minimum absolute atomic E-state index is 0.00341. The number of primary amides is 1. The Bertz CT molecular complexity index is 719. The van der Waals surface area contributed by atoms with Gasteiger partial charge in [-0.1, -0.05) is 11.6 Å². The number of nitrogens with one attached hydrogen (secondary N) is 1. The average Bonchev–Trinajstić information content (AvgIpc) is 2.44. The first-order valence-corrected chi connectivity index (χ1v) is 6.17. The Morgan fingerprint density at radius 1 is 1.29 bits per heavy atom. The molecule has 21 heavy (non-hydrogen) atoms. The van der Waals surface area contributed by atoms with Gasteiger partial charge in [-0.2, -0.15) is 0 Å². The van der Waals surface area contributed by atoms with E-state index in [1.807, 2.05) is 0 Å². The first kappa shape index (κ1) is 14.9. The predicted octanol–water partition coefficient (Wildman–Crippen LogP) is 1.93. The standard InChI is InChI=1S/C13H10ClFN4O2/c1-6-8(15)4-7(12(16)20)5-10(6)17-13(21)9-2-3-11(14)19-18-9/h2-5H,1H3,(H2,16,20)(H,17,21). The van der Waals surface area contributed by atoms with E-state index in [9.17, 15) is 14.0 Å². The summed E-state index contributed by atoms with van der Waals surface area (Å²) in [6.07, 6.45) is 0. The summed E-state index contributed by atoms with van der Waals surface area (Å²) in [4.78, 5) is 23.1. The van der Waals surface area contributed by atoms with Crippen LogP contribution in [0.15, 0.2) is 24.3 Å². The highest BCUT2D eigenvalue weighted by molar-refractivity contribution is 6.29. The molecule has 8 heteroatoms. The lowest BCUT2D eigenvalue weighted by molar-refractivity contribution is 0.0995. The molecule has 1 heterocycles. The number of amides is 2. The van der Waals surface area contributed by atoms with Crippen LogP contribution < -0.4 is 11.1 Å². The van der Waals surface area contributed by atoms with Crippen molar-refractivity contribution in [3.8, 4) is 0 Å². The fraction of sp³-hybridized carbons (Fsp3) is 0.0769. The monoisotopic (exact) mass is 308 g/mol. The maximum Gasteiger partial charge on any atom is 0.276 e. The van der Waals surface area contributed by atoms with Crippen LogP contribution in [0.2, 0.25) is 5.15 Å². The van der Waals surface area contributed by atoms with Crippen molar-refractivity contribution in [3.63, 3.8) is 0 Å². The van der Waals surface area contributed by atoms with E-state index in [0.29, 0.717) is 0 Å². The van der Waals surface area contributed by atoms with Crippen LogP contribution >= 0.6 is 11.6 Å². The second-order valence-electron chi connectivity index (χ2n) is 4.19. The topological polar surface area (TPSA) is 98.0 Å². The van der Waals surface area contributed by atoms with Gasteiger partial charge >= 0.3 is 0 Å². The lowest BCUT2D eigenvalue weighted by atomic mass is 10.1. The Labute approximate surface area is 124 Å². The van der Waals surface area contributed by atoms with Gasteiger partial charge in [0.05, 0.1) is 0 Å². The summed E-state index contributed by atoms with van der Waals surface area (Å²) in [5.74, 6) is -2.05. The Kier molecular flexibility index (Phi) is 4.13. The van der Waals surface area contributed by atoms with E-state index in [1.165, 1.54) is 25.1 Å². The zero-order valence-electron chi connectivity index (χ0n) is 10.9. The van der Waals surface area contributed by atoms with Gasteiger partial charge in [0.25, 0.3) is 5.91 Å². The highest BCUT2D eigenvalue weighted by Crippen LogP contribution is 2.21. The van der Waals surface area contributed by atoms with E-state index >= 15 is 0 Å². The third-order valence-electron chi connectivity index (χ3n) is 2.74. The zero-order chi connectivity index (χ0) is 15.6. The molecule has 0 aliphatic rings. The third-order valence-corrected chi connectivity index (χ3v) is 2.94.